The molecule has 1 unspecified atom stereocenters. The number of nitrogens with two attached hydrogens (primary N) is 1. The summed E-state index contributed by atoms with van der Waals surface area (Å²) in [7, 11) is 0. The first-order chi connectivity index (χ1) is 13.1. The van der Waals surface area contributed by atoms with Crippen LogP contribution in [0, 0.1) is 11.3 Å². The third-order valence-electron chi connectivity index (χ3n) is 6.13. The number of hydrogen-bond acceptors (Lipinski definition) is 4. The van der Waals surface area contributed by atoms with Crippen LogP contribution in [0.25, 0.3) is 0 Å². The molecular formula is C22H32N2O4. The van der Waals surface area contributed by atoms with E-state index in [-0.39, 0.29) is 18.4 Å². The van der Waals surface area contributed by atoms with Crippen molar-refractivity contribution >= 4 is 17.6 Å². The number of aliphatic carboxylic acids is 1. The van der Waals surface area contributed by atoms with Gasteiger partial charge in [-0.2, -0.15) is 0 Å². The molecule has 6 heteroatoms. The van der Waals surface area contributed by atoms with Crippen LogP contribution in [-0.2, 0) is 16.0 Å². The SMILES string of the molecule is CC(C)(C)C1CCC(Oc2ccc3c(c2)CCN3C(=O)C(N)CC(=O)O)CC1. The van der Waals surface area contributed by atoms with Crippen molar-refractivity contribution in [2.45, 2.75) is 71.4 Å². The van der Waals surface area contributed by atoms with Crippen molar-refractivity contribution in [2.24, 2.45) is 17.1 Å². The quantitative estimate of drug-likeness (QED) is 0.807. The predicted octanol–water partition coefficient (Wildman–Crippen LogP) is 3.36. The fraction of sp³-hybridized carbons (Fsp3) is 0.636. The van der Waals surface area contributed by atoms with E-state index < -0.39 is 12.0 Å². The van der Waals surface area contributed by atoms with Gasteiger partial charge >= 0.3 is 5.97 Å². The molecule has 1 aromatic rings. The number of benzene rings is 1. The summed E-state index contributed by atoms with van der Waals surface area (Å²) >= 11 is 0. The largest absolute Gasteiger partial charge is 0.490 e. The average molecular weight is 389 g/mol. The van der Waals surface area contributed by atoms with Gasteiger partial charge in [0.25, 0.3) is 0 Å². The second-order valence-corrected chi connectivity index (χ2v) is 9.19. The number of carbonyl (C=O) groups is 2. The summed E-state index contributed by atoms with van der Waals surface area (Å²) in [4.78, 5) is 24.9. The first-order valence-electron chi connectivity index (χ1n) is 10.2. The Kier molecular flexibility index (Phi) is 5.98. The molecule has 2 aliphatic rings. The average Bonchev–Trinajstić information content (AvgIpc) is 3.03. The Balaban J connectivity index is 1.61. The molecule has 0 bridgehead atoms. The monoisotopic (exact) mass is 388 g/mol. The molecule has 1 saturated carbocycles. The van der Waals surface area contributed by atoms with Crippen LogP contribution < -0.4 is 15.4 Å². The van der Waals surface area contributed by atoms with Crippen molar-refractivity contribution in [2.75, 3.05) is 11.4 Å². The van der Waals surface area contributed by atoms with E-state index in [1.807, 2.05) is 18.2 Å². The van der Waals surface area contributed by atoms with Gasteiger partial charge in [0.1, 0.15) is 5.75 Å². The summed E-state index contributed by atoms with van der Waals surface area (Å²) in [5.41, 5.74) is 7.98. The van der Waals surface area contributed by atoms with Crippen LogP contribution in [0.4, 0.5) is 5.69 Å². The molecule has 154 valence electrons. The van der Waals surface area contributed by atoms with Gasteiger partial charge in [0.15, 0.2) is 0 Å². The molecule has 1 atom stereocenters. The second kappa shape index (κ2) is 8.11. The molecule has 3 N–H and O–H groups in total. The van der Waals surface area contributed by atoms with E-state index in [0.717, 1.165) is 42.2 Å². The first kappa shape index (κ1) is 20.6. The number of anilines is 1. The molecule has 1 aliphatic carbocycles. The lowest BCUT2D eigenvalue weighted by Crippen LogP contribution is -2.44. The van der Waals surface area contributed by atoms with E-state index in [9.17, 15) is 9.59 Å². The highest BCUT2D eigenvalue weighted by Crippen LogP contribution is 2.39. The number of ether oxygens (including phenoxy) is 1. The standard InChI is InChI=1S/C22H32N2O4/c1-22(2,3)15-4-6-16(7-5-15)28-17-8-9-19-14(12-17)10-11-24(19)21(27)18(23)13-20(25)26/h8-9,12,15-16,18H,4-7,10-11,13,23H2,1-3H3,(H,25,26). The molecule has 28 heavy (non-hydrogen) atoms. The lowest BCUT2D eigenvalue weighted by atomic mass is 9.72. The van der Waals surface area contributed by atoms with Crippen LogP contribution in [-0.4, -0.2) is 35.7 Å². The molecule has 1 amide bonds. The van der Waals surface area contributed by atoms with Gasteiger partial charge in [-0.25, -0.2) is 0 Å². The lowest BCUT2D eigenvalue weighted by molar-refractivity contribution is -0.139. The minimum absolute atomic E-state index is 0.250. The van der Waals surface area contributed by atoms with Crippen LogP contribution in [0.15, 0.2) is 18.2 Å². The van der Waals surface area contributed by atoms with Crippen molar-refractivity contribution in [3.63, 3.8) is 0 Å². The lowest BCUT2D eigenvalue weighted by Gasteiger charge is -2.37. The number of amides is 1. The van der Waals surface area contributed by atoms with E-state index >= 15 is 0 Å². The Bertz CT molecular complexity index is 733. The van der Waals surface area contributed by atoms with Crippen molar-refractivity contribution in [3.05, 3.63) is 23.8 Å². The highest BCUT2D eigenvalue weighted by molar-refractivity contribution is 6.00. The molecule has 1 heterocycles. The van der Waals surface area contributed by atoms with Crippen LogP contribution in [0.1, 0.15) is 58.4 Å². The third-order valence-corrected chi connectivity index (χ3v) is 6.13. The van der Waals surface area contributed by atoms with Gasteiger partial charge < -0.3 is 20.5 Å². The molecule has 1 aromatic carbocycles. The van der Waals surface area contributed by atoms with Gasteiger partial charge in [0.2, 0.25) is 5.91 Å². The van der Waals surface area contributed by atoms with Gasteiger partial charge in [-0.3, -0.25) is 9.59 Å². The molecule has 6 nitrogen and oxygen atoms in total. The Labute approximate surface area is 167 Å². The van der Waals surface area contributed by atoms with Crippen molar-refractivity contribution in [1.82, 2.24) is 0 Å². The number of carboxylic acid groups (broad SMARTS) is 1. The topological polar surface area (TPSA) is 92.9 Å². The maximum Gasteiger partial charge on any atom is 0.305 e. The van der Waals surface area contributed by atoms with E-state index in [1.54, 1.807) is 4.90 Å². The number of carbonyl (C=O) groups excluding carboxylic acids is 1. The highest BCUT2D eigenvalue weighted by atomic mass is 16.5. The Morgan fingerprint density at radius 3 is 2.54 bits per heavy atom. The molecule has 0 spiro atoms. The molecule has 3 rings (SSSR count). The first-order valence-corrected chi connectivity index (χ1v) is 10.2. The molecule has 1 aliphatic heterocycles. The van der Waals surface area contributed by atoms with Crippen LogP contribution in [0.2, 0.25) is 0 Å². The van der Waals surface area contributed by atoms with Crippen molar-refractivity contribution in [3.8, 4) is 5.75 Å². The summed E-state index contributed by atoms with van der Waals surface area (Å²) in [6.45, 7) is 7.47. The Morgan fingerprint density at radius 1 is 1.25 bits per heavy atom. The van der Waals surface area contributed by atoms with E-state index in [1.165, 1.54) is 12.8 Å². The fourth-order valence-electron chi connectivity index (χ4n) is 4.40. The van der Waals surface area contributed by atoms with Gasteiger partial charge in [-0.15, -0.1) is 0 Å². The van der Waals surface area contributed by atoms with Gasteiger partial charge in [-0.05, 0) is 67.2 Å². The summed E-state index contributed by atoms with van der Waals surface area (Å²) in [6, 6.07) is 4.80. The molecule has 1 fully saturated rings. The third kappa shape index (κ3) is 4.66. The second-order valence-electron chi connectivity index (χ2n) is 9.19. The van der Waals surface area contributed by atoms with E-state index in [4.69, 9.17) is 15.6 Å². The number of nitrogens with zero attached hydrogens (tertiary/aromatic N) is 1. The predicted molar refractivity (Wildman–Crippen MR) is 109 cm³/mol. The summed E-state index contributed by atoms with van der Waals surface area (Å²) in [6.07, 6.45) is 5.17. The zero-order valence-electron chi connectivity index (χ0n) is 17.1. The molecule has 0 radical (unpaired) electrons. The zero-order chi connectivity index (χ0) is 20.5. The smallest absolute Gasteiger partial charge is 0.305 e. The Hall–Kier alpha value is -2.08. The highest BCUT2D eigenvalue weighted by Gasteiger charge is 2.32. The summed E-state index contributed by atoms with van der Waals surface area (Å²) < 4.78 is 6.23. The molecule has 0 aromatic heterocycles. The van der Waals surface area contributed by atoms with Crippen molar-refractivity contribution in [1.29, 1.82) is 0 Å². The van der Waals surface area contributed by atoms with E-state index in [2.05, 4.69) is 20.8 Å². The molecule has 0 saturated heterocycles. The fourth-order valence-corrected chi connectivity index (χ4v) is 4.40. The van der Waals surface area contributed by atoms with Crippen molar-refractivity contribution < 1.29 is 19.4 Å². The summed E-state index contributed by atoms with van der Waals surface area (Å²) in [5.74, 6) is 0.199. The van der Waals surface area contributed by atoms with Gasteiger partial charge in [-0.1, -0.05) is 20.8 Å². The number of carboxylic acids is 1. The van der Waals surface area contributed by atoms with E-state index in [0.29, 0.717) is 12.0 Å². The van der Waals surface area contributed by atoms with Gasteiger partial charge in [0, 0.05) is 12.2 Å². The maximum absolute atomic E-state index is 12.5. The number of fused-ring (bicyclic) bond motifs is 1. The zero-order valence-corrected chi connectivity index (χ0v) is 17.1. The normalized spacial score (nSPS) is 23.2. The minimum atomic E-state index is -1.06. The van der Waals surface area contributed by atoms with Gasteiger partial charge in [0.05, 0.1) is 18.6 Å². The minimum Gasteiger partial charge on any atom is -0.490 e. The van der Waals surface area contributed by atoms with Crippen LogP contribution in [0.3, 0.4) is 0 Å². The molecular weight excluding hydrogens is 356 g/mol. The van der Waals surface area contributed by atoms with Crippen LogP contribution in [0.5, 0.6) is 5.75 Å². The Morgan fingerprint density at radius 2 is 1.93 bits per heavy atom. The number of rotatable bonds is 5. The number of hydrogen-bond donors (Lipinski definition) is 2. The summed E-state index contributed by atoms with van der Waals surface area (Å²) in [5, 5.41) is 8.86. The maximum atomic E-state index is 12.5. The van der Waals surface area contributed by atoms with Crippen LogP contribution >= 0.6 is 0 Å².